The zero-order valence-corrected chi connectivity index (χ0v) is 35.2. The Labute approximate surface area is 350 Å². The van der Waals surface area contributed by atoms with E-state index in [4.69, 9.17) is 9.97 Å². The predicted octanol–water partition coefficient (Wildman–Crippen LogP) is 14.5. The Bertz CT molecular complexity index is 2730. The third-order valence-electron chi connectivity index (χ3n) is 12.0. The number of nitrogens with zero attached hydrogens (tertiary/aromatic N) is 2. The van der Waals surface area contributed by atoms with Crippen LogP contribution in [0.4, 0.5) is 0 Å². The summed E-state index contributed by atoms with van der Waals surface area (Å²) in [6, 6.07) is 62.0. The van der Waals surface area contributed by atoms with Crippen LogP contribution in [-0.2, 0) is 16.2 Å². The van der Waals surface area contributed by atoms with Crippen molar-refractivity contribution in [2.75, 3.05) is 0 Å². The SMILES string of the molecule is CC(C)(C)c1ccc(O)c(-c2cc(-c3ccc(C(C)(C)c4ccccc4)cc3)cc(-c3cc(-c4cc(-c5ccccc5)ccn4)cc(C(C)(C)c4ccccc4)c3)n2)c1. The predicted molar refractivity (Wildman–Crippen MR) is 247 cm³/mol. The first-order valence-corrected chi connectivity index (χ1v) is 20.5. The molecule has 3 heteroatoms. The van der Waals surface area contributed by atoms with Crippen molar-refractivity contribution in [1.29, 1.82) is 0 Å². The smallest absolute Gasteiger partial charge is 0.124 e. The van der Waals surface area contributed by atoms with E-state index in [0.717, 1.165) is 55.9 Å². The van der Waals surface area contributed by atoms with Crippen molar-refractivity contribution in [2.24, 2.45) is 0 Å². The lowest BCUT2D eigenvalue weighted by Crippen LogP contribution is -2.19. The molecule has 0 aliphatic carbocycles. The molecule has 0 saturated carbocycles. The second-order valence-corrected chi connectivity index (χ2v) is 17.8. The number of aromatic hydroxyl groups is 1. The number of aromatic nitrogens is 2. The highest BCUT2D eigenvalue weighted by Crippen LogP contribution is 2.41. The Morgan fingerprint density at radius 3 is 1.46 bits per heavy atom. The van der Waals surface area contributed by atoms with Gasteiger partial charge in [-0.05, 0) is 110 Å². The molecule has 0 bridgehead atoms. The number of phenolic OH excluding ortho intramolecular Hbond substituents is 1. The van der Waals surface area contributed by atoms with E-state index >= 15 is 0 Å². The largest absolute Gasteiger partial charge is 0.507 e. The molecule has 8 rings (SSSR count). The molecule has 1 N–H and O–H groups in total. The van der Waals surface area contributed by atoms with Crippen molar-refractivity contribution in [3.8, 4) is 61.8 Å². The van der Waals surface area contributed by atoms with E-state index in [9.17, 15) is 5.11 Å². The van der Waals surface area contributed by atoms with Crippen molar-refractivity contribution in [1.82, 2.24) is 9.97 Å². The van der Waals surface area contributed by atoms with Gasteiger partial charge >= 0.3 is 0 Å². The van der Waals surface area contributed by atoms with Gasteiger partial charge in [0.1, 0.15) is 5.75 Å². The summed E-state index contributed by atoms with van der Waals surface area (Å²) in [7, 11) is 0. The van der Waals surface area contributed by atoms with E-state index < -0.39 is 0 Å². The highest BCUT2D eigenvalue weighted by molar-refractivity contribution is 5.81. The number of benzene rings is 6. The first-order valence-electron chi connectivity index (χ1n) is 20.5. The van der Waals surface area contributed by atoms with E-state index in [1.165, 1.54) is 16.7 Å². The Kier molecular flexibility index (Phi) is 10.4. The molecule has 292 valence electrons. The maximum Gasteiger partial charge on any atom is 0.124 e. The van der Waals surface area contributed by atoms with Gasteiger partial charge in [-0.2, -0.15) is 0 Å². The molecule has 0 atom stereocenters. The van der Waals surface area contributed by atoms with Gasteiger partial charge in [0.2, 0.25) is 0 Å². The quantitative estimate of drug-likeness (QED) is 0.159. The fraction of sp³-hybridized carbons (Fsp3) is 0.179. The lowest BCUT2D eigenvalue weighted by atomic mass is 9.76. The first kappa shape index (κ1) is 39.3. The molecule has 59 heavy (non-hydrogen) atoms. The third kappa shape index (κ3) is 8.11. The van der Waals surface area contributed by atoms with E-state index in [-0.39, 0.29) is 22.0 Å². The Balaban J connectivity index is 1.33. The van der Waals surface area contributed by atoms with Crippen LogP contribution < -0.4 is 0 Å². The average molecular weight is 769 g/mol. The molecular weight excluding hydrogens is 717 g/mol. The van der Waals surface area contributed by atoms with Crippen molar-refractivity contribution in [2.45, 2.75) is 64.7 Å². The van der Waals surface area contributed by atoms with Crippen LogP contribution in [0.3, 0.4) is 0 Å². The van der Waals surface area contributed by atoms with Crippen molar-refractivity contribution < 1.29 is 5.11 Å². The van der Waals surface area contributed by atoms with Gasteiger partial charge in [-0.1, -0.05) is 170 Å². The molecule has 0 unspecified atom stereocenters. The van der Waals surface area contributed by atoms with E-state index in [1.807, 2.05) is 18.3 Å². The molecule has 3 nitrogen and oxygen atoms in total. The molecule has 0 fully saturated rings. The van der Waals surface area contributed by atoms with Crippen LogP contribution >= 0.6 is 0 Å². The molecule has 8 aromatic rings. The summed E-state index contributed by atoms with van der Waals surface area (Å²) in [6.07, 6.45) is 1.90. The Morgan fingerprint density at radius 2 is 0.847 bits per heavy atom. The van der Waals surface area contributed by atoms with Crippen LogP contribution in [0.15, 0.2) is 182 Å². The number of rotatable bonds is 9. The van der Waals surface area contributed by atoms with Gasteiger partial charge in [0.25, 0.3) is 0 Å². The van der Waals surface area contributed by atoms with Gasteiger partial charge in [-0.25, -0.2) is 4.98 Å². The van der Waals surface area contributed by atoms with E-state index in [1.54, 1.807) is 6.07 Å². The third-order valence-corrected chi connectivity index (χ3v) is 12.0. The van der Waals surface area contributed by atoms with Crippen LogP contribution in [0.25, 0.3) is 56.0 Å². The van der Waals surface area contributed by atoms with Gasteiger partial charge in [-0.15, -0.1) is 0 Å². The van der Waals surface area contributed by atoms with Crippen LogP contribution in [0.2, 0.25) is 0 Å². The topological polar surface area (TPSA) is 46.0 Å². The summed E-state index contributed by atoms with van der Waals surface area (Å²) >= 11 is 0. The Morgan fingerprint density at radius 1 is 0.356 bits per heavy atom. The number of pyridine rings is 2. The first-order chi connectivity index (χ1) is 28.3. The highest BCUT2D eigenvalue weighted by Gasteiger charge is 2.26. The maximum absolute atomic E-state index is 11.5. The minimum Gasteiger partial charge on any atom is -0.507 e. The molecule has 0 saturated heterocycles. The second-order valence-electron chi connectivity index (χ2n) is 17.8. The summed E-state index contributed by atoms with van der Waals surface area (Å²) in [6.45, 7) is 15.7. The molecule has 0 aliphatic heterocycles. The molecule has 0 spiro atoms. The molecular formula is C56H52N2O. The van der Waals surface area contributed by atoms with E-state index in [0.29, 0.717) is 11.3 Å². The number of phenols is 1. The van der Waals surface area contributed by atoms with Crippen molar-refractivity contribution in [3.05, 3.63) is 210 Å². The summed E-state index contributed by atoms with van der Waals surface area (Å²) in [5.41, 5.74) is 14.9. The number of hydrogen-bond donors (Lipinski definition) is 1. The summed E-state index contributed by atoms with van der Waals surface area (Å²) in [5.74, 6) is 0.204. The standard InChI is InChI=1S/C56H52N2O/c1-54(2,3)47-27-28-53(59)49(37-47)52-36-41(39-23-25-46(26-24-39)55(4,5)44-19-13-9-14-20-44)35-51(58-52)43-31-42(32-48(33-43)56(6,7)45-21-15-10-16-22-45)50-34-40(29-30-57-50)38-17-11-8-12-18-38/h8-37,59H,1-7H3. The van der Waals surface area contributed by atoms with Gasteiger partial charge in [0.15, 0.2) is 0 Å². The fourth-order valence-electron chi connectivity index (χ4n) is 8.00. The lowest BCUT2D eigenvalue weighted by molar-refractivity contribution is 0.476. The monoisotopic (exact) mass is 768 g/mol. The van der Waals surface area contributed by atoms with Crippen molar-refractivity contribution >= 4 is 0 Å². The zero-order valence-electron chi connectivity index (χ0n) is 35.2. The minimum absolute atomic E-state index is 0.113. The molecule has 0 amide bonds. The van der Waals surface area contributed by atoms with Gasteiger partial charge in [-0.3, -0.25) is 4.98 Å². The second kappa shape index (κ2) is 15.6. The van der Waals surface area contributed by atoms with E-state index in [2.05, 4.69) is 206 Å². The van der Waals surface area contributed by atoms with Crippen molar-refractivity contribution in [3.63, 3.8) is 0 Å². The highest BCUT2D eigenvalue weighted by atomic mass is 16.3. The fourth-order valence-corrected chi connectivity index (χ4v) is 8.00. The molecule has 2 aromatic heterocycles. The average Bonchev–Trinajstić information content (AvgIpc) is 3.27. The zero-order chi connectivity index (χ0) is 41.4. The molecule has 6 aromatic carbocycles. The maximum atomic E-state index is 11.5. The summed E-state index contributed by atoms with van der Waals surface area (Å²) in [5, 5.41) is 11.5. The summed E-state index contributed by atoms with van der Waals surface area (Å²) in [4.78, 5) is 10.3. The van der Waals surface area contributed by atoms with Crippen LogP contribution in [-0.4, -0.2) is 15.1 Å². The molecule has 0 aliphatic rings. The molecule has 2 heterocycles. The van der Waals surface area contributed by atoms with Gasteiger partial charge < -0.3 is 5.11 Å². The number of hydrogen-bond acceptors (Lipinski definition) is 3. The van der Waals surface area contributed by atoms with Gasteiger partial charge in [0, 0.05) is 33.7 Å². The minimum atomic E-state index is -0.329. The normalized spacial score (nSPS) is 12.1. The molecule has 0 radical (unpaired) electrons. The van der Waals surface area contributed by atoms with Crippen LogP contribution in [0, 0.1) is 0 Å². The Hall–Kier alpha value is -6.58. The van der Waals surface area contributed by atoms with Crippen LogP contribution in [0.1, 0.15) is 76.3 Å². The summed E-state index contributed by atoms with van der Waals surface area (Å²) < 4.78 is 0. The van der Waals surface area contributed by atoms with Crippen LogP contribution in [0.5, 0.6) is 5.75 Å². The van der Waals surface area contributed by atoms with Gasteiger partial charge in [0.05, 0.1) is 17.1 Å². The lowest BCUT2D eigenvalue weighted by Gasteiger charge is -2.27.